The number of allylic oxidation sites excluding steroid dienone is 2. The van der Waals surface area contributed by atoms with E-state index in [1.54, 1.807) is 18.2 Å². The summed E-state index contributed by atoms with van der Waals surface area (Å²) < 4.78 is 6.41. The molecule has 122 valence electrons. The van der Waals surface area contributed by atoms with Gasteiger partial charge in [-0.3, -0.25) is 0 Å². The number of ether oxygens (including phenoxy) is 1. The van der Waals surface area contributed by atoms with Crippen molar-refractivity contribution >= 4 is 27.6 Å². The Labute approximate surface area is 150 Å². The third-order valence-corrected chi connectivity index (χ3v) is 3.90. The standard InChI is InChI=1S/C20H18BrNO2/c1-3-6-16-9-14(11-19(20(16)23)24-4-2)10-17(13-22)15-7-5-8-18(21)12-15/h3,5,7-12,23H,1,4,6H2,2H3/b17-10-. The summed E-state index contributed by atoms with van der Waals surface area (Å²) in [6.07, 6.45) is 4.03. The molecule has 0 unspecified atom stereocenters. The molecule has 2 rings (SSSR count). The molecule has 0 radical (unpaired) electrons. The Bertz CT molecular complexity index is 819. The predicted octanol–water partition coefficient (Wildman–Crippen LogP) is 5.35. The third-order valence-electron chi connectivity index (χ3n) is 3.41. The minimum atomic E-state index is 0.120. The van der Waals surface area contributed by atoms with Crippen LogP contribution in [0, 0.1) is 11.3 Å². The van der Waals surface area contributed by atoms with Gasteiger partial charge >= 0.3 is 0 Å². The molecule has 0 fully saturated rings. The van der Waals surface area contributed by atoms with Crippen molar-refractivity contribution < 1.29 is 9.84 Å². The predicted molar refractivity (Wildman–Crippen MR) is 101 cm³/mol. The molecule has 3 nitrogen and oxygen atoms in total. The summed E-state index contributed by atoms with van der Waals surface area (Å²) in [5.41, 5.74) is 2.87. The Morgan fingerprint density at radius 1 is 1.38 bits per heavy atom. The van der Waals surface area contributed by atoms with E-state index >= 15 is 0 Å². The lowest BCUT2D eigenvalue weighted by molar-refractivity contribution is 0.317. The molecule has 0 saturated heterocycles. The van der Waals surface area contributed by atoms with E-state index in [9.17, 15) is 10.4 Å². The maximum atomic E-state index is 10.3. The van der Waals surface area contributed by atoms with E-state index in [1.165, 1.54) is 0 Å². The second-order valence-electron chi connectivity index (χ2n) is 5.13. The highest BCUT2D eigenvalue weighted by Crippen LogP contribution is 2.34. The highest BCUT2D eigenvalue weighted by Gasteiger charge is 2.10. The minimum Gasteiger partial charge on any atom is -0.504 e. The molecule has 0 aliphatic heterocycles. The second-order valence-corrected chi connectivity index (χ2v) is 6.05. The average molecular weight is 384 g/mol. The molecule has 0 bridgehead atoms. The second kappa shape index (κ2) is 8.37. The number of hydrogen-bond acceptors (Lipinski definition) is 3. The van der Waals surface area contributed by atoms with E-state index in [-0.39, 0.29) is 5.75 Å². The SMILES string of the molecule is C=CCc1cc(/C=C(/C#N)c2cccc(Br)c2)cc(OCC)c1O. The largest absolute Gasteiger partial charge is 0.504 e. The average Bonchev–Trinajstić information content (AvgIpc) is 2.57. The van der Waals surface area contributed by atoms with E-state index in [0.717, 1.165) is 15.6 Å². The van der Waals surface area contributed by atoms with Gasteiger partial charge in [-0.25, -0.2) is 0 Å². The van der Waals surface area contributed by atoms with Gasteiger partial charge in [0, 0.05) is 10.0 Å². The van der Waals surface area contributed by atoms with Crippen LogP contribution in [0.1, 0.15) is 23.6 Å². The zero-order valence-electron chi connectivity index (χ0n) is 13.4. The van der Waals surface area contributed by atoms with Crippen molar-refractivity contribution in [2.75, 3.05) is 6.61 Å². The number of nitrogens with zero attached hydrogens (tertiary/aromatic N) is 1. The summed E-state index contributed by atoms with van der Waals surface area (Å²) in [5, 5.41) is 19.8. The van der Waals surface area contributed by atoms with Crippen LogP contribution in [0.5, 0.6) is 11.5 Å². The molecule has 2 aromatic carbocycles. The maximum Gasteiger partial charge on any atom is 0.161 e. The van der Waals surface area contributed by atoms with Crippen LogP contribution in [-0.4, -0.2) is 11.7 Å². The van der Waals surface area contributed by atoms with E-state index in [2.05, 4.69) is 28.6 Å². The molecule has 1 N–H and O–H groups in total. The zero-order valence-corrected chi connectivity index (χ0v) is 15.0. The number of halogens is 1. The number of hydrogen-bond donors (Lipinski definition) is 1. The molecule has 24 heavy (non-hydrogen) atoms. The topological polar surface area (TPSA) is 53.2 Å². The lowest BCUT2D eigenvalue weighted by Crippen LogP contribution is -1.95. The molecule has 0 aliphatic carbocycles. The molecule has 0 atom stereocenters. The number of phenols is 1. The van der Waals surface area contributed by atoms with E-state index in [0.29, 0.717) is 29.9 Å². The first-order valence-corrected chi connectivity index (χ1v) is 8.35. The molecular formula is C20H18BrNO2. The molecule has 0 aliphatic rings. The molecule has 2 aromatic rings. The summed E-state index contributed by atoms with van der Waals surface area (Å²) in [6.45, 7) is 6.02. The molecule has 0 saturated carbocycles. The Hall–Kier alpha value is -2.51. The lowest BCUT2D eigenvalue weighted by Gasteiger charge is -2.11. The van der Waals surface area contributed by atoms with E-state index in [1.807, 2.05) is 37.3 Å². The van der Waals surface area contributed by atoms with Crippen molar-refractivity contribution in [3.63, 3.8) is 0 Å². The molecule has 0 heterocycles. The van der Waals surface area contributed by atoms with Crippen LogP contribution in [0.25, 0.3) is 11.6 Å². The molecule has 0 amide bonds. The van der Waals surface area contributed by atoms with Gasteiger partial charge in [0.1, 0.15) is 0 Å². The first-order chi connectivity index (χ1) is 11.6. The fourth-order valence-corrected chi connectivity index (χ4v) is 2.75. The Kier molecular flexibility index (Phi) is 6.22. The van der Waals surface area contributed by atoms with Gasteiger partial charge in [-0.15, -0.1) is 6.58 Å². The molecule has 0 spiro atoms. The first kappa shape index (κ1) is 17.8. The summed E-state index contributed by atoms with van der Waals surface area (Å²) in [4.78, 5) is 0. The van der Waals surface area contributed by atoms with Gasteiger partial charge in [0.15, 0.2) is 11.5 Å². The highest BCUT2D eigenvalue weighted by atomic mass is 79.9. The van der Waals surface area contributed by atoms with Crippen molar-refractivity contribution in [2.24, 2.45) is 0 Å². The van der Waals surface area contributed by atoms with Gasteiger partial charge in [0.2, 0.25) is 0 Å². The third kappa shape index (κ3) is 4.27. The molecule has 4 heteroatoms. The Balaban J connectivity index is 2.53. The van der Waals surface area contributed by atoms with Gasteiger partial charge in [-0.1, -0.05) is 34.1 Å². The van der Waals surface area contributed by atoms with Crippen molar-refractivity contribution in [1.82, 2.24) is 0 Å². The van der Waals surface area contributed by atoms with Crippen LogP contribution >= 0.6 is 15.9 Å². The van der Waals surface area contributed by atoms with Crippen LogP contribution in [0.2, 0.25) is 0 Å². The minimum absolute atomic E-state index is 0.120. The van der Waals surface area contributed by atoms with Crippen LogP contribution in [0.4, 0.5) is 0 Å². The molecular weight excluding hydrogens is 366 g/mol. The van der Waals surface area contributed by atoms with Crippen LogP contribution in [0.15, 0.2) is 53.5 Å². The van der Waals surface area contributed by atoms with Gasteiger partial charge in [-0.2, -0.15) is 5.26 Å². The summed E-state index contributed by atoms with van der Waals surface area (Å²) in [5.74, 6) is 0.532. The lowest BCUT2D eigenvalue weighted by atomic mass is 10.0. The maximum absolute atomic E-state index is 10.3. The quantitative estimate of drug-likeness (QED) is 0.415. The zero-order chi connectivity index (χ0) is 17.5. The highest BCUT2D eigenvalue weighted by molar-refractivity contribution is 9.10. The van der Waals surface area contributed by atoms with Gasteiger partial charge in [0.05, 0.1) is 18.2 Å². The number of rotatable bonds is 6. The van der Waals surface area contributed by atoms with E-state index in [4.69, 9.17) is 4.74 Å². The van der Waals surface area contributed by atoms with Gasteiger partial charge in [0.25, 0.3) is 0 Å². The Morgan fingerprint density at radius 2 is 2.17 bits per heavy atom. The fraction of sp³-hybridized carbons (Fsp3) is 0.150. The number of benzene rings is 2. The van der Waals surface area contributed by atoms with Crippen LogP contribution in [0.3, 0.4) is 0 Å². The monoisotopic (exact) mass is 383 g/mol. The van der Waals surface area contributed by atoms with E-state index < -0.39 is 0 Å². The van der Waals surface area contributed by atoms with Crippen molar-refractivity contribution in [3.05, 3.63) is 70.2 Å². The summed E-state index contributed by atoms with van der Waals surface area (Å²) >= 11 is 3.42. The Morgan fingerprint density at radius 3 is 2.79 bits per heavy atom. The van der Waals surface area contributed by atoms with Gasteiger partial charge in [-0.05, 0) is 54.8 Å². The van der Waals surface area contributed by atoms with Crippen molar-refractivity contribution in [2.45, 2.75) is 13.3 Å². The first-order valence-electron chi connectivity index (χ1n) is 7.56. The van der Waals surface area contributed by atoms with Crippen LogP contribution in [-0.2, 0) is 6.42 Å². The summed E-state index contributed by atoms with van der Waals surface area (Å²) in [6, 6.07) is 13.4. The van der Waals surface area contributed by atoms with Gasteiger partial charge < -0.3 is 9.84 Å². The fourth-order valence-electron chi connectivity index (χ4n) is 2.35. The summed E-state index contributed by atoms with van der Waals surface area (Å²) in [7, 11) is 0. The number of nitriles is 1. The number of phenolic OH excluding ortho intramolecular Hbond substituents is 1. The van der Waals surface area contributed by atoms with Crippen molar-refractivity contribution in [1.29, 1.82) is 5.26 Å². The van der Waals surface area contributed by atoms with Crippen molar-refractivity contribution in [3.8, 4) is 17.6 Å². The normalized spacial score (nSPS) is 11.0. The smallest absolute Gasteiger partial charge is 0.161 e. The van der Waals surface area contributed by atoms with Crippen LogP contribution < -0.4 is 4.74 Å². The molecule has 0 aromatic heterocycles. The number of aromatic hydroxyl groups is 1.